The van der Waals surface area contributed by atoms with E-state index in [1.54, 1.807) is 0 Å². The van der Waals surface area contributed by atoms with Gasteiger partial charge in [0.2, 0.25) is 12.1 Å². The molecular formula is C33H32BrN3O. The maximum atomic E-state index is 13.0. The van der Waals surface area contributed by atoms with E-state index in [9.17, 15) is 4.79 Å². The molecular weight excluding hydrogens is 534 g/mol. The zero-order valence-electron chi connectivity index (χ0n) is 21.9. The second kappa shape index (κ2) is 11.0. The first kappa shape index (κ1) is 25.9. The maximum absolute atomic E-state index is 13.0. The second-order valence-electron chi connectivity index (χ2n) is 10.0. The fraction of sp³-hybridized carbons (Fsp3) is 0.212. The number of rotatable bonds is 8. The molecule has 2 aromatic heterocycles. The highest BCUT2D eigenvalue weighted by molar-refractivity contribution is 6.07. The second-order valence-corrected chi connectivity index (χ2v) is 10.0. The van der Waals surface area contributed by atoms with Crippen LogP contribution in [0.15, 0.2) is 97.3 Å². The van der Waals surface area contributed by atoms with Crippen molar-refractivity contribution in [3.05, 3.63) is 114 Å². The lowest BCUT2D eigenvalue weighted by atomic mass is 10.1. The van der Waals surface area contributed by atoms with Crippen molar-refractivity contribution < 1.29 is 26.3 Å². The van der Waals surface area contributed by atoms with Crippen molar-refractivity contribution >= 4 is 38.6 Å². The Balaban J connectivity index is 0.00000294. The molecule has 0 radical (unpaired) electrons. The van der Waals surface area contributed by atoms with Crippen molar-refractivity contribution in [1.29, 1.82) is 0 Å². The summed E-state index contributed by atoms with van der Waals surface area (Å²) in [5.74, 6) is 0.134. The first-order chi connectivity index (χ1) is 18.1. The smallest absolute Gasteiger partial charge is 0.245 e. The summed E-state index contributed by atoms with van der Waals surface area (Å²) in [6, 6.07) is 31.5. The lowest BCUT2D eigenvalue weighted by molar-refractivity contribution is -0.658. The minimum atomic E-state index is 0. The van der Waals surface area contributed by atoms with Crippen molar-refractivity contribution in [3.8, 4) is 0 Å². The maximum Gasteiger partial charge on any atom is 0.245 e. The van der Waals surface area contributed by atoms with E-state index in [0.29, 0.717) is 6.54 Å². The van der Waals surface area contributed by atoms with Crippen LogP contribution in [0.4, 0.5) is 0 Å². The number of hydrogen-bond acceptors (Lipinski definition) is 1. The number of unbranched alkanes of at least 4 members (excludes halogenated alkanes) is 1. The zero-order valence-corrected chi connectivity index (χ0v) is 23.5. The summed E-state index contributed by atoms with van der Waals surface area (Å²) >= 11 is 0. The number of para-hydroxylation sites is 2. The largest absolute Gasteiger partial charge is 1.00 e. The van der Waals surface area contributed by atoms with Gasteiger partial charge in [-0.1, -0.05) is 66.7 Å². The van der Waals surface area contributed by atoms with Gasteiger partial charge in [-0.25, -0.2) is 9.13 Å². The summed E-state index contributed by atoms with van der Waals surface area (Å²) in [6.07, 6.45) is 4.27. The van der Waals surface area contributed by atoms with Crippen molar-refractivity contribution in [2.24, 2.45) is 0 Å². The lowest BCUT2D eigenvalue weighted by Crippen LogP contribution is -3.00. The van der Waals surface area contributed by atoms with Crippen LogP contribution in [0, 0.1) is 13.8 Å². The molecule has 0 atom stereocenters. The number of carbonyl (C=O) groups is 1. The molecule has 4 aromatic carbocycles. The molecule has 0 aliphatic carbocycles. The number of fused-ring (bicyclic) bond motifs is 4. The molecule has 0 saturated carbocycles. The van der Waals surface area contributed by atoms with Crippen LogP contribution in [-0.4, -0.2) is 14.9 Å². The molecule has 0 spiro atoms. The van der Waals surface area contributed by atoms with E-state index in [1.165, 1.54) is 38.4 Å². The topological polar surface area (TPSA) is 30.8 Å². The average molecular weight is 567 g/mol. The Morgan fingerprint density at radius 1 is 0.711 bits per heavy atom. The Hall–Kier alpha value is -3.70. The molecule has 192 valence electrons. The molecule has 0 bridgehead atoms. The van der Waals surface area contributed by atoms with Crippen LogP contribution in [-0.2, 0) is 19.6 Å². The quantitative estimate of drug-likeness (QED) is 0.156. The third-order valence-electron chi connectivity index (χ3n) is 7.61. The van der Waals surface area contributed by atoms with E-state index >= 15 is 0 Å². The van der Waals surface area contributed by atoms with Gasteiger partial charge in [-0.15, -0.1) is 0 Å². The number of nitrogens with zero attached hydrogens (tertiary/aromatic N) is 3. The molecule has 0 fully saturated rings. The van der Waals surface area contributed by atoms with Gasteiger partial charge in [0.1, 0.15) is 0 Å². The van der Waals surface area contributed by atoms with Crippen molar-refractivity contribution in [2.75, 3.05) is 0 Å². The summed E-state index contributed by atoms with van der Waals surface area (Å²) in [7, 11) is 0. The summed E-state index contributed by atoms with van der Waals surface area (Å²) in [5, 5.41) is 2.65. The number of carbonyl (C=O) groups excluding carboxylic acids is 1. The molecule has 0 aliphatic heterocycles. The predicted molar refractivity (Wildman–Crippen MR) is 151 cm³/mol. The Morgan fingerprint density at radius 2 is 1.29 bits per heavy atom. The van der Waals surface area contributed by atoms with Crippen molar-refractivity contribution in [2.45, 2.75) is 46.3 Å². The van der Waals surface area contributed by atoms with E-state index < -0.39 is 0 Å². The monoisotopic (exact) mass is 565 g/mol. The SMILES string of the molecule is Cc1cc2c(cc1C)[n+](CC(=O)c1ccccc1)cn2CCCCn1c2ccccc2c2ccccc21.[Br-]. The molecule has 6 aromatic rings. The number of benzene rings is 4. The molecule has 0 unspecified atom stereocenters. The van der Waals surface area contributed by atoms with Crippen LogP contribution in [0.1, 0.15) is 34.3 Å². The predicted octanol–water partition coefficient (Wildman–Crippen LogP) is 4.02. The Kier molecular flexibility index (Phi) is 7.48. The molecule has 0 saturated heterocycles. The summed E-state index contributed by atoms with van der Waals surface area (Å²) in [6.45, 7) is 6.55. The number of imidazole rings is 1. The van der Waals surface area contributed by atoms with E-state index in [0.717, 1.165) is 37.0 Å². The van der Waals surface area contributed by atoms with Gasteiger partial charge in [-0.05, 0) is 62.1 Å². The van der Waals surface area contributed by atoms with Crippen molar-refractivity contribution in [3.63, 3.8) is 0 Å². The molecule has 4 nitrogen and oxygen atoms in total. The van der Waals surface area contributed by atoms with Gasteiger partial charge in [0.25, 0.3) is 0 Å². The van der Waals surface area contributed by atoms with Crippen LogP contribution in [0.25, 0.3) is 32.8 Å². The minimum absolute atomic E-state index is 0. The van der Waals surface area contributed by atoms with Crippen LogP contribution in [0.3, 0.4) is 0 Å². The third-order valence-corrected chi connectivity index (χ3v) is 7.61. The van der Waals surface area contributed by atoms with Gasteiger partial charge in [0.05, 0.1) is 6.54 Å². The standard InChI is InChI=1S/C33H32N3O.BrH/c1-24-20-31-32(21-25(24)2)35(22-33(37)26-12-4-3-5-13-26)23-34(31)18-10-11-19-36-29-16-8-6-14-27(29)28-15-7-9-17-30(28)36;/h3-9,12-17,20-21,23H,10-11,18-19,22H2,1-2H3;1H/q+1;/p-1. The van der Waals surface area contributed by atoms with E-state index in [1.807, 2.05) is 30.3 Å². The number of Topliss-reactive ketones (excluding diaryl/α,β-unsaturated/α-hetero) is 1. The highest BCUT2D eigenvalue weighted by Gasteiger charge is 2.20. The fourth-order valence-corrected chi connectivity index (χ4v) is 5.51. The number of aromatic nitrogens is 3. The molecule has 0 amide bonds. The van der Waals surface area contributed by atoms with Crippen LogP contribution >= 0.6 is 0 Å². The van der Waals surface area contributed by atoms with Gasteiger partial charge < -0.3 is 21.5 Å². The molecule has 5 heteroatoms. The first-order valence-electron chi connectivity index (χ1n) is 13.1. The lowest BCUT2D eigenvalue weighted by Gasteiger charge is -2.07. The zero-order chi connectivity index (χ0) is 25.4. The molecule has 2 heterocycles. The van der Waals surface area contributed by atoms with Crippen LogP contribution < -0.4 is 21.5 Å². The molecule has 0 aliphatic rings. The third kappa shape index (κ3) is 4.79. The Bertz CT molecular complexity index is 1690. The van der Waals surface area contributed by atoms with Gasteiger partial charge in [-0.2, -0.15) is 0 Å². The highest BCUT2D eigenvalue weighted by atomic mass is 79.9. The average Bonchev–Trinajstić information content (AvgIpc) is 3.42. The number of ketones is 1. The molecule has 0 N–H and O–H groups in total. The normalized spacial score (nSPS) is 11.3. The van der Waals surface area contributed by atoms with E-state index in [4.69, 9.17) is 0 Å². The minimum Gasteiger partial charge on any atom is -1.00 e. The Labute approximate surface area is 233 Å². The number of hydrogen-bond donors (Lipinski definition) is 0. The molecule has 6 rings (SSSR count). The van der Waals surface area contributed by atoms with Crippen molar-refractivity contribution in [1.82, 2.24) is 9.13 Å². The van der Waals surface area contributed by atoms with Gasteiger partial charge in [-0.3, -0.25) is 4.79 Å². The highest BCUT2D eigenvalue weighted by Crippen LogP contribution is 2.29. The van der Waals surface area contributed by atoms with Gasteiger partial charge in [0, 0.05) is 33.9 Å². The van der Waals surface area contributed by atoms with Gasteiger partial charge in [0.15, 0.2) is 17.6 Å². The van der Waals surface area contributed by atoms with Crippen LogP contribution in [0.5, 0.6) is 0 Å². The van der Waals surface area contributed by atoms with E-state index in [2.05, 4.69) is 94.5 Å². The van der Waals surface area contributed by atoms with E-state index in [-0.39, 0.29) is 22.8 Å². The number of aryl methyl sites for hydroxylation is 4. The number of halogens is 1. The first-order valence-corrected chi connectivity index (χ1v) is 13.1. The summed E-state index contributed by atoms with van der Waals surface area (Å²) in [4.78, 5) is 13.0. The molecule has 38 heavy (non-hydrogen) atoms. The summed E-state index contributed by atoms with van der Waals surface area (Å²) in [5.41, 5.74) is 8.20. The van der Waals surface area contributed by atoms with Crippen LogP contribution in [0.2, 0.25) is 0 Å². The van der Waals surface area contributed by atoms with Gasteiger partial charge >= 0.3 is 0 Å². The Morgan fingerprint density at radius 3 is 1.97 bits per heavy atom. The summed E-state index contributed by atoms with van der Waals surface area (Å²) < 4.78 is 6.90. The fourth-order valence-electron chi connectivity index (χ4n) is 5.51.